The molecule has 2 N–H and O–H groups in total. The molecule has 2 amide bonds. The van der Waals surface area contributed by atoms with Crippen molar-refractivity contribution in [2.24, 2.45) is 5.41 Å². The number of hydrogen-bond acceptors (Lipinski definition) is 3. The summed E-state index contributed by atoms with van der Waals surface area (Å²) in [6, 6.07) is -1.00. The zero-order valence-corrected chi connectivity index (χ0v) is 13.8. The summed E-state index contributed by atoms with van der Waals surface area (Å²) in [4.78, 5) is 27.6. The van der Waals surface area contributed by atoms with Crippen LogP contribution in [0.25, 0.3) is 0 Å². The topological polar surface area (TPSA) is 72.9 Å². The molecular formula is C15H29N3O3. The number of carbonyl (C=O) groups excluding carboxylic acids is 1. The van der Waals surface area contributed by atoms with Crippen molar-refractivity contribution in [3.8, 4) is 0 Å². The third-order valence-corrected chi connectivity index (χ3v) is 4.25. The molecule has 0 aromatic carbocycles. The fourth-order valence-corrected chi connectivity index (χ4v) is 2.66. The highest BCUT2D eigenvalue weighted by Gasteiger charge is 2.34. The number of carboxylic acids is 1. The van der Waals surface area contributed by atoms with E-state index >= 15 is 0 Å². The van der Waals surface area contributed by atoms with Crippen LogP contribution in [-0.2, 0) is 4.79 Å². The maximum absolute atomic E-state index is 12.3. The Morgan fingerprint density at radius 1 is 1.33 bits per heavy atom. The van der Waals surface area contributed by atoms with E-state index in [-0.39, 0.29) is 12.1 Å². The third kappa shape index (κ3) is 4.88. The normalized spacial score (nSPS) is 19.1. The first-order chi connectivity index (χ1) is 9.66. The van der Waals surface area contributed by atoms with Crippen LogP contribution in [0.4, 0.5) is 4.79 Å². The second kappa shape index (κ2) is 7.11. The smallest absolute Gasteiger partial charge is 0.326 e. The molecule has 0 aliphatic carbocycles. The van der Waals surface area contributed by atoms with Crippen LogP contribution >= 0.6 is 0 Å². The van der Waals surface area contributed by atoms with Crippen LogP contribution in [0, 0.1) is 5.41 Å². The Bertz CT molecular complexity index is 371. The van der Waals surface area contributed by atoms with Crippen LogP contribution in [-0.4, -0.2) is 65.7 Å². The minimum atomic E-state index is -0.995. The number of carboxylic acid groups (broad SMARTS) is 1. The van der Waals surface area contributed by atoms with Gasteiger partial charge in [-0.25, -0.2) is 9.59 Å². The largest absolute Gasteiger partial charge is 0.480 e. The highest BCUT2D eigenvalue weighted by Crippen LogP contribution is 2.21. The van der Waals surface area contributed by atoms with E-state index in [4.69, 9.17) is 0 Å². The molecule has 1 unspecified atom stereocenters. The number of nitrogens with zero attached hydrogens (tertiary/aromatic N) is 2. The van der Waals surface area contributed by atoms with Gasteiger partial charge in [-0.15, -0.1) is 0 Å². The number of likely N-dealkylation sites (tertiary alicyclic amines) is 1. The average molecular weight is 299 g/mol. The predicted octanol–water partition coefficient (Wildman–Crippen LogP) is 1.61. The SMILES string of the molecule is CCN1CCC(N(C)C(=O)NC(C(=O)O)C(C)(C)C)CC1. The Balaban J connectivity index is 2.60. The van der Waals surface area contributed by atoms with Crippen molar-refractivity contribution >= 4 is 12.0 Å². The predicted molar refractivity (Wildman–Crippen MR) is 82.3 cm³/mol. The molecule has 1 fully saturated rings. The van der Waals surface area contributed by atoms with E-state index in [1.54, 1.807) is 11.9 Å². The molecule has 6 nitrogen and oxygen atoms in total. The summed E-state index contributed by atoms with van der Waals surface area (Å²) in [5.74, 6) is -0.995. The first kappa shape index (κ1) is 17.8. The molecule has 1 saturated heterocycles. The van der Waals surface area contributed by atoms with Crippen molar-refractivity contribution in [1.82, 2.24) is 15.1 Å². The molecule has 21 heavy (non-hydrogen) atoms. The van der Waals surface area contributed by atoms with Gasteiger partial charge in [-0.3, -0.25) is 0 Å². The Kier molecular flexibility index (Phi) is 6.01. The minimum Gasteiger partial charge on any atom is -0.480 e. The van der Waals surface area contributed by atoms with E-state index in [2.05, 4.69) is 17.1 Å². The quantitative estimate of drug-likeness (QED) is 0.827. The van der Waals surface area contributed by atoms with E-state index in [1.165, 1.54) is 0 Å². The van der Waals surface area contributed by atoms with Crippen molar-refractivity contribution < 1.29 is 14.7 Å². The van der Waals surface area contributed by atoms with E-state index in [1.807, 2.05) is 20.8 Å². The van der Waals surface area contributed by atoms with Gasteiger partial charge in [-0.2, -0.15) is 0 Å². The summed E-state index contributed by atoms with van der Waals surface area (Å²) >= 11 is 0. The van der Waals surface area contributed by atoms with Gasteiger partial charge in [0.05, 0.1) is 0 Å². The number of amides is 2. The molecule has 0 saturated carbocycles. The molecule has 1 aliphatic rings. The number of piperidine rings is 1. The number of urea groups is 1. The van der Waals surface area contributed by atoms with Gasteiger partial charge < -0.3 is 20.2 Å². The molecular weight excluding hydrogens is 270 g/mol. The zero-order valence-electron chi connectivity index (χ0n) is 13.8. The lowest BCUT2D eigenvalue weighted by Gasteiger charge is -2.37. The Hall–Kier alpha value is -1.30. The standard InChI is InChI=1S/C15H29N3O3/c1-6-18-9-7-11(8-10-18)17(5)14(21)16-12(13(19)20)15(2,3)4/h11-12H,6-10H2,1-5H3,(H,16,21)(H,19,20). The number of aliphatic carboxylic acids is 1. The van der Waals surface area contributed by atoms with Crippen molar-refractivity contribution in [2.45, 2.75) is 52.6 Å². The summed E-state index contributed by atoms with van der Waals surface area (Å²) in [7, 11) is 1.75. The van der Waals surface area contributed by atoms with Gasteiger partial charge in [0, 0.05) is 26.2 Å². The van der Waals surface area contributed by atoms with Gasteiger partial charge >= 0.3 is 12.0 Å². The van der Waals surface area contributed by atoms with Crippen molar-refractivity contribution in [3.63, 3.8) is 0 Å². The van der Waals surface area contributed by atoms with Crippen LogP contribution in [0.2, 0.25) is 0 Å². The van der Waals surface area contributed by atoms with Gasteiger partial charge in [0.25, 0.3) is 0 Å². The molecule has 1 heterocycles. The minimum absolute atomic E-state index is 0.183. The maximum Gasteiger partial charge on any atom is 0.326 e. The van der Waals surface area contributed by atoms with Gasteiger partial charge in [0.2, 0.25) is 0 Å². The Morgan fingerprint density at radius 2 is 1.86 bits per heavy atom. The summed E-state index contributed by atoms with van der Waals surface area (Å²) in [5.41, 5.74) is -0.520. The molecule has 1 atom stereocenters. The van der Waals surface area contributed by atoms with Crippen LogP contribution in [0.15, 0.2) is 0 Å². The van der Waals surface area contributed by atoms with Crippen molar-refractivity contribution in [2.75, 3.05) is 26.7 Å². The maximum atomic E-state index is 12.3. The molecule has 6 heteroatoms. The zero-order chi connectivity index (χ0) is 16.2. The summed E-state index contributed by atoms with van der Waals surface area (Å²) in [6.07, 6.45) is 1.87. The van der Waals surface area contributed by atoms with Crippen LogP contribution in [0.1, 0.15) is 40.5 Å². The lowest BCUT2D eigenvalue weighted by molar-refractivity contribution is -0.142. The number of hydrogen-bond donors (Lipinski definition) is 2. The fourth-order valence-electron chi connectivity index (χ4n) is 2.66. The molecule has 0 radical (unpaired) electrons. The van der Waals surface area contributed by atoms with E-state index in [0.717, 1.165) is 32.5 Å². The van der Waals surface area contributed by atoms with Crippen molar-refractivity contribution in [3.05, 3.63) is 0 Å². The first-order valence-electron chi connectivity index (χ1n) is 7.65. The second-order valence-corrected chi connectivity index (χ2v) is 6.86. The van der Waals surface area contributed by atoms with Crippen LogP contribution in [0.5, 0.6) is 0 Å². The van der Waals surface area contributed by atoms with Gasteiger partial charge in [0.15, 0.2) is 0 Å². The van der Waals surface area contributed by atoms with Crippen LogP contribution in [0.3, 0.4) is 0 Å². The summed E-state index contributed by atoms with van der Waals surface area (Å²) in [6.45, 7) is 10.6. The van der Waals surface area contributed by atoms with E-state index < -0.39 is 17.4 Å². The lowest BCUT2D eigenvalue weighted by atomic mass is 9.87. The second-order valence-electron chi connectivity index (χ2n) is 6.86. The molecule has 0 aromatic rings. The van der Waals surface area contributed by atoms with E-state index in [9.17, 15) is 14.7 Å². The van der Waals surface area contributed by atoms with Gasteiger partial charge in [-0.05, 0) is 24.8 Å². The number of nitrogens with one attached hydrogen (secondary N) is 1. The molecule has 0 spiro atoms. The molecule has 122 valence electrons. The Morgan fingerprint density at radius 3 is 2.24 bits per heavy atom. The number of carbonyl (C=O) groups is 2. The molecule has 1 rings (SSSR count). The number of rotatable bonds is 4. The fraction of sp³-hybridized carbons (Fsp3) is 0.867. The van der Waals surface area contributed by atoms with Gasteiger partial charge in [-0.1, -0.05) is 27.7 Å². The lowest BCUT2D eigenvalue weighted by Crippen LogP contribution is -2.55. The highest BCUT2D eigenvalue weighted by molar-refractivity contribution is 5.83. The first-order valence-corrected chi connectivity index (χ1v) is 7.65. The van der Waals surface area contributed by atoms with Crippen LogP contribution < -0.4 is 5.32 Å². The molecule has 0 bridgehead atoms. The molecule has 1 aliphatic heterocycles. The van der Waals surface area contributed by atoms with Crippen molar-refractivity contribution in [1.29, 1.82) is 0 Å². The third-order valence-electron chi connectivity index (χ3n) is 4.25. The molecule has 0 aromatic heterocycles. The van der Waals surface area contributed by atoms with E-state index in [0.29, 0.717) is 0 Å². The van der Waals surface area contributed by atoms with Gasteiger partial charge in [0.1, 0.15) is 6.04 Å². The Labute approximate surface area is 127 Å². The average Bonchev–Trinajstić information content (AvgIpc) is 2.42. The summed E-state index contributed by atoms with van der Waals surface area (Å²) in [5, 5.41) is 11.9. The monoisotopic (exact) mass is 299 g/mol. The highest BCUT2D eigenvalue weighted by atomic mass is 16.4. The summed E-state index contributed by atoms with van der Waals surface area (Å²) < 4.78 is 0.